The van der Waals surface area contributed by atoms with Gasteiger partial charge in [0.15, 0.2) is 11.5 Å². The zero-order valence-corrected chi connectivity index (χ0v) is 12.4. The maximum absolute atomic E-state index is 13.6. The molecule has 1 heterocycles. The average molecular weight is 356 g/mol. The number of hydrogen-bond donors (Lipinski definition) is 1. The van der Waals surface area contributed by atoms with Gasteiger partial charge in [0.05, 0.1) is 16.6 Å². The Balaban J connectivity index is 1.99. The molecule has 1 aliphatic rings. The lowest BCUT2D eigenvalue weighted by Crippen LogP contribution is -2.01. The van der Waals surface area contributed by atoms with Gasteiger partial charge in [0.25, 0.3) is 0 Å². The van der Waals surface area contributed by atoms with E-state index in [1.54, 1.807) is 0 Å². The molecule has 2 aromatic rings. The van der Waals surface area contributed by atoms with E-state index in [1.807, 2.05) is 0 Å². The van der Waals surface area contributed by atoms with Crippen molar-refractivity contribution in [2.45, 2.75) is 12.8 Å². The molecule has 1 aromatic heterocycles. The van der Waals surface area contributed by atoms with Gasteiger partial charge in [0.2, 0.25) is 0 Å². The van der Waals surface area contributed by atoms with Crippen LogP contribution in [0, 0.1) is 11.7 Å². The van der Waals surface area contributed by atoms with Gasteiger partial charge in [-0.3, -0.25) is 0 Å². The summed E-state index contributed by atoms with van der Waals surface area (Å²) in [5.74, 6) is -0.585. The molecule has 1 aromatic carbocycles. The van der Waals surface area contributed by atoms with Gasteiger partial charge in [-0.25, -0.2) is 9.18 Å². The molecule has 0 saturated heterocycles. The number of benzene rings is 1. The fourth-order valence-electron chi connectivity index (χ4n) is 1.88. The first kappa shape index (κ1) is 14.1. The van der Waals surface area contributed by atoms with Gasteiger partial charge in [-0.2, -0.15) is 0 Å². The van der Waals surface area contributed by atoms with Crippen molar-refractivity contribution in [2.24, 2.45) is 5.92 Å². The van der Waals surface area contributed by atoms with Crippen LogP contribution in [0.1, 0.15) is 23.3 Å². The number of aromatic carboxylic acids is 1. The van der Waals surface area contributed by atoms with Crippen LogP contribution in [0.2, 0.25) is 0 Å². The summed E-state index contributed by atoms with van der Waals surface area (Å²) in [6.45, 7) is 0.539. The molecule has 21 heavy (non-hydrogen) atoms. The zero-order chi connectivity index (χ0) is 15.0. The quantitative estimate of drug-likeness (QED) is 0.884. The van der Waals surface area contributed by atoms with Crippen molar-refractivity contribution in [3.63, 3.8) is 0 Å². The predicted molar refractivity (Wildman–Crippen MR) is 74.8 cm³/mol. The van der Waals surface area contributed by atoms with E-state index in [1.165, 1.54) is 18.2 Å². The van der Waals surface area contributed by atoms with Gasteiger partial charge in [0, 0.05) is 6.07 Å². The second-order valence-electron chi connectivity index (χ2n) is 4.90. The number of nitrogens with zero attached hydrogens (tertiary/aromatic N) is 1. The van der Waals surface area contributed by atoms with Crippen molar-refractivity contribution in [2.75, 3.05) is 6.61 Å². The number of rotatable bonds is 5. The Kier molecular flexibility index (Phi) is 3.67. The molecule has 1 N–H and O–H groups in total. The maximum atomic E-state index is 13.6. The molecule has 0 unspecified atom stereocenters. The standard InChI is InChI=1S/C14H11BrFNO4/c15-10-4-8(16)3-9(13(10)20-6-7-1-2-7)12-5-11(14(18)19)17-21-12/h3-5,7H,1-2,6H2,(H,18,19). The summed E-state index contributed by atoms with van der Waals surface area (Å²) in [5.41, 5.74) is 0.0982. The van der Waals surface area contributed by atoms with Crippen molar-refractivity contribution >= 4 is 21.9 Å². The minimum atomic E-state index is -1.21. The average Bonchev–Trinajstić information content (AvgIpc) is 3.11. The fourth-order valence-corrected chi connectivity index (χ4v) is 2.43. The molecular formula is C14H11BrFNO4. The lowest BCUT2D eigenvalue weighted by molar-refractivity contribution is 0.0686. The van der Waals surface area contributed by atoms with Crippen LogP contribution < -0.4 is 4.74 Å². The number of carboxylic acids is 1. The molecular weight excluding hydrogens is 345 g/mol. The van der Waals surface area contributed by atoms with Gasteiger partial charge >= 0.3 is 5.97 Å². The molecule has 0 bridgehead atoms. The first-order chi connectivity index (χ1) is 10.0. The van der Waals surface area contributed by atoms with Gasteiger partial charge < -0.3 is 14.4 Å². The number of halogens is 2. The van der Waals surface area contributed by atoms with E-state index in [9.17, 15) is 9.18 Å². The van der Waals surface area contributed by atoms with Crippen LogP contribution in [-0.4, -0.2) is 22.8 Å². The number of aromatic nitrogens is 1. The normalized spacial score (nSPS) is 14.2. The summed E-state index contributed by atoms with van der Waals surface area (Å²) in [6.07, 6.45) is 2.25. The van der Waals surface area contributed by atoms with Gasteiger partial charge in [-0.1, -0.05) is 5.16 Å². The number of hydrogen-bond acceptors (Lipinski definition) is 4. The van der Waals surface area contributed by atoms with Crippen molar-refractivity contribution < 1.29 is 23.6 Å². The predicted octanol–water partition coefficient (Wildman–Crippen LogP) is 3.73. The second kappa shape index (κ2) is 5.48. The van der Waals surface area contributed by atoms with E-state index < -0.39 is 11.8 Å². The summed E-state index contributed by atoms with van der Waals surface area (Å²) in [4.78, 5) is 10.9. The lowest BCUT2D eigenvalue weighted by Gasteiger charge is -2.11. The Morgan fingerprint density at radius 3 is 2.86 bits per heavy atom. The molecule has 3 rings (SSSR count). The molecule has 1 fully saturated rings. The Morgan fingerprint density at radius 2 is 2.24 bits per heavy atom. The van der Waals surface area contributed by atoms with E-state index in [2.05, 4.69) is 21.1 Å². The molecule has 0 atom stereocenters. The van der Waals surface area contributed by atoms with Gasteiger partial charge in [-0.15, -0.1) is 0 Å². The first-order valence-electron chi connectivity index (χ1n) is 6.37. The monoisotopic (exact) mass is 355 g/mol. The minimum absolute atomic E-state index is 0.151. The number of ether oxygens (including phenoxy) is 1. The Morgan fingerprint density at radius 1 is 1.48 bits per heavy atom. The van der Waals surface area contributed by atoms with Crippen LogP contribution in [0.15, 0.2) is 27.2 Å². The van der Waals surface area contributed by atoms with E-state index >= 15 is 0 Å². The Bertz CT molecular complexity index is 696. The van der Waals surface area contributed by atoms with E-state index in [0.29, 0.717) is 28.3 Å². The van der Waals surface area contributed by atoms with Crippen molar-refractivity contribution in [3.05, 3.63) is 34.2 Å². The first-order valence-corrected chi connectivity index (χ1v) is 7.16. The summed E-state index contributed by atoms with van der Waals surface area (Å²) in [7, 11) is 0. The van der Waals surface area contributed by atoms with Crippen LogP contribution >= 0.6 is 15.9 Å². The number of carboxylic acid groups (broad SMARTS) is 1. The second-order valence-corrected chi connectivity index (χ2v) is 5.75. The Labute approximate surface area is 127 Å². The van der Waals surface area contributed by atoms with Crippen LogP contribution in [0.4, 0.5) is 4.39 Å². The van der Waals surface area contributed by atoms with Crippen molar-refractivity contribution in [1.82, 2.24) is 5.16 Å². The molecule has 1 saturated carbocycles. The minimum Gasteiger partial charge on any atom is -0.491 e. The molecule has 7 heteroatoms. The summed E-state index contributed by atoms with van der Waals surface area (Å²) < 4.78 is 24.8. The van der Waals surface area contributed by atoms with Gasteiger partial charge in [0.1, 0.15) is 11.6 Å². The van der Waals surface area contributed by atoms with Crippen LogP contribution in [0.3, 0.4) is 0 Å². The molecule has 110 valence electrons. The summed E-state index contributed by atoms with van der Waals surface area (Å²) in [6, 6.07) is 3.77. The summed E-state index contributed by atoms with van der Waals surface area (Å²) >= 11 is 3.26. The van der Waals surface area contributed by atoms with Crippen LogP contribution in [0.5, 0.6) is 5.75 Å². The Hall–Kier alpha value is -1.89. The molecule has 0 radical (unpaired) electrons. The largest absolute Gasteiger partial charge is 0.491 e. The zero-order valence-electron chi connectivity index (χ0n) is 10.8. The SMILES string of the molecule is O=C(O)c1cc(-c2cc(F)cc(Br)c2OCC2CC2)on1. The molecule has 0 aliphatic heterocycles. The van der Waals surface area contributed by atoms with E-state index in [-0.39, 0.29) is 11.5 Å². The van der Waals surface area contributed by atoms with E-state index in [4.69, 9.17) is 14.4 Å². The fraction of sp³-hybridized carbons (Fsp3) is 0.286. The van der Waals surface area contributed by atoms with Crippen molar-refractivity contribution in [3.8, 4) is 17.1 Å². The van der Waals surface area contributed by atoms with Crippen LogP contribution in [-0.2, 0) is 0 Å². The number of carbonyl (C=O) groups is 1. The smallest absolute Gasteiger partial charge is 0.358 e. The topological polar surface area (TPSA) is 72.6 Å². The molecule has 0 spiro atoms. The molecule has 0 amide bonds. The van der Waals surface area contributed by atoms with E-state index in [0.717, 1.165) is 12.8 Å². The summed E-state index contributed by atoms with van der Waals surface area (Å²) in [5, 5.41) is 12.3. The highest BCUT2D eigenvalue weighted by Crippen LogP contribution is 2.39. The third kappa shape index (κ3) is 3.07. The van der Waals surface area contributed by atoms with Crippen LogP contribution in [0.25, 0.3) is 11.3 Å². The lowest BCUT2D eigenvalue weighted by atomic mass is 10.1. The third-order valence-corrected chi connectivity index (χ3v) is 3.75. The highest BCUT2D eigenvalue weighted by atomic mass is 79.9. The van der Waals surface area contributed by atoms with Crippen molar-refractivity contribution in [1.29, 1.82) is 0 Å². The third-order valence-electron chi connectivity index (χ3n) is 3.16. The highest BCUT2D eigenvalue weighted by molar-refractivity contribution is 9.10. The van der Waals surface area contributed by atoms with Gasteiger partial charge in [-0.05, 0) is 46.8 Å². The highest BCUT2D eigenvalue weighted by Gasteiger charge is 2.24. The molecule has 5 nitrogen and oxygen atoms in total. The maximum Gasteiger partial charge on any atom is 0.358 e. The molecule has 1 aliphatic carbocycles.